The molecule has 0 spiro atoms. The Morgan fingerprint density at radius 2 is 2.14 bits per heavy atom. The molecule has 0 aliphatic carbocycles. The van der Waals surface area contributed by atoms with Gasteiger partial charge in [0.15, 0.2) is 6.04 Å². The number of thiophene rings is 1. The number of ether oxygens (including phenoxy) is 1. The van der Waals surface area contributed by atoms with Crippen LogP contribution >= 0.6 is 23.1 Å². The lowest BCUT2D eigenvalue weighted by Crippen LogP contribution is -2.71. The number of rotatable bonds is 7. The third-order valence-corrected chi connectivity index (χ3v) is 6.47. The number of carbonyl (C=O) groups is 4. The van der Waals surface area contributed by atoms with Crippen molar-refractivity contribution in [2.24, 2.45) is 0 Å². The van der Waals surface area contributed by atoms with Gasteiger partial charge in [0.25, 0.3) is 11.8 Å². The molecule has 3 heterocycles. The van der Waals surface area contributed by atoms with Crippen molar-refractivity contribution in [2.75, 3.05) is 19.5 Å². The minimum absolute atomic E-state index is 0.0893. The molecule has 0 unspecified atom stereocenters. The van der Waals surface area contributed by atoms with Crippen LogP contribution in [0.25, 0.3) is 0 Å². The van der Waals surface area contributed by atoms with Crippen LogP contribution in [0.4, 0.5) is 0 Å². The average Bonchev–Trinajstić information content (AvgIpc) is 3.15. The van der Waals surface area contributed by atoms with Gasteiger partial charge in [0.1, 0.15) is 17.7 Å². The van der Waals surface area contributed by atoms with E-state index in [1.165, 1.54) is 37.1 Å². The first-order valence-electron chi connectivity index (χ1n) is 8.27. The van der Waals surface area contributed by atoms with E-state index in [1.807, 2.05) is 17.5 Å². The third-order valence-electron chi connectivity index (χ3n) is 4.27. The van der Waals surface area contributed by atoms with E-state index in [4.69, 9.17) is 9.57 Å². The molecule has 2 aliphatic heterocycles. The van der Waals surface area contributed by atoms with Crippen LogP contribution in [0.15, 0.2) is 28.8 Å². The smallest absolute Gasteiger partial charge is 0.352 e. The summed E-state index contributed by atoms with van der Waals surface area (Å²) in [5.74, 6) is -2.49. The Hall–Kier alpha value is -2.37. The van der Waals surface area contributed by atoms with E-state index >= 15 is 0 Å². The molecular formula is C17H18N2O7S2. The molecule has 9 nitrogen and oxygen atoms in total. The Kier molecular flexibility index (Phi) is 6.06. The van der Waals surface area contributed by atoms with Crippen molar-refractivity contribution in [3.63, 3.8) is 0 Å². The number of β-lactam (4-membered cyclic amide) rings is 1. The summed E-state index contributed by atoms with van der Waals surface area (Å²) in [5.41, 5.74) is 0.137. The van der Waals surface area contributed by atoms with Gasteiger partial charge in [-0.2, -0.15) is 0 Å². The molecule has 0 radical (unpaired) electrons. The van der Waals surface area contributed by atoms with Crippen molar-refractivity contribution in [2.45, 2.75) is 24.8 Å². The maximum Gasteiger partial charge on any atom is 0.352 e. The highest BCUT2D eigenvalue weighted by molar-refractivity contribution is 8.00. The number of carbonyl (C=O) groups excluding carboxylic acids is 3. The van der Waals surface area contributed by atoms with Gasteiger partial charge in [-0.1, -0.05) is 6.07 Å². The van der Waals surface area contributed by atoms with E-state index in [0.29, 0.717) is 5.57 Å². The Morgan fingerprint density at radius 1 is 1.39 bits per heavy atom. The fraction of sp³-hybridized carbons (Fsp3) is 0.412. The van der Waals surface area contributed by atoms with Crippen LogP contribution in [0.2, 0.25) is 0 Å². The standard InChI is InChI=1S/C17H18N2O7S2/c1-9(20)26-7-10-8-28-16-14(15(22)18(16)13(10)17(23)24)19(25-2)12(21)6-11-4-3-5-27-11/h3-5,14,16H,6-8H2,1-2H3,(H,23,24)/t14-,16-/m1/s1. The van der Waals surface area contributed by atoms with Crippen LogP contribution in [0.3, 0.4) is 0 Å². The zero-order valence-corrected chi connectivity index (χ0v) is 16.7. The summed E-state index contributed by atoms with van der Waals surface area (Å²) in [5, 5.41) is 11.9. The van der Waals surface area contributed by atoms with Crippen molar-refractivity contribution in [1.82, 2.24) is 9.96 Å². The average molecular weight is 426 g/mol. The molecule has 1 saturated heterocycles. The van der Waals surface area contributed by atoms with Gasteiger partial charge in [0.2, 0.25) is 0 Å². The fourth-order valence-corrected chi connectivity index (χ4v) is 5.11. The summed E-state index contributed by atoms with van der Waals surface area (Å²) in [6.07, 6.45) is 0.0893. The molecule has 11 heteroatoms. The summed E-state index contributed by atoms with van der Waals surface area (Å²) in [7, 11) is 1.30. The fourth-order valence-electron chi connectivity index (χ4n) is 3.06. The van der Waals surface area contributed by atoms with Crippen molar-refractivity contribution >= 4 is 46.9 Å². The van der Waals surface area contributed by atoms with E-state index < -0.39 is 29.3 Å². The molecule has 0 bridgehead atoms. The molecule has 2 atom stereocenters. The first-order chi connectivity index (χ1) is 13.3. The molecule has 0 saturated carbocycles. The van der Waals surface area contributed by atoms with Crippen LogP contribution in [0.5, 0.6) is 0 Å². The quantitative estimate of drug-likeness (QED) is 0.388. The number of thioether (sulfide) groups is 1. The molecular weight excluding hydrogens is 408 g/mol. The number of hydrogen-bond acceptors (Lipinski definition) is 8. The maximum absolute atomic E-state index is 12.7. The minimum atomic E-state index is -1.28. The molecule has 28 heavy (non-hydrogen) atoms. The highest BCUT2D eigenvalue weighted by Crippen LogP contribution is 2.42. The maximum atomic E-state index is 12.7. The third kappa shape index (κ3) is 3.77. The number of fused-ring (bicyclic) bond motifs is 1. The van der Waals surface area contributed by atoms with Crippen LogP contribution in [-0.2, 0) is 35.2 Å². The molecule has 3 rings (SSSR count). The second-order valence-corrected chi connectivity index (χ2v) is 8.19. The zero-order valence-electron chi connectivity index (χ0n) is 15.1. The lowest BCUT2D eigenvalue weighted by Gasteiger charge is -2.51. The van der Waals surface area contributed by atoms with Gasteiger partial charge in [-0.05, 0) is 11.4 Å². The molecule has 2 aliphatic rings. The number of aliphatic carboxylic acids is 1. The Balaban J connectivity index is 1.79. The van der Waals surface area contributed by atoms with Crippen molar-refractivity contribution in [1.29, 1.82) is 0 Å². The zero-order chi connectivity index (χ0) is 20.4. The lowest BCUT2D eigenvalue weighted by molar-refractivity contribution is -0.208. The second-order valence-electron chi connectivity index (χ2n) is 6.05. The molecule has 150 valence electrons. The second kappa shape index (κ2) is 8.33. The summed E-state index contributed by atoms with van der Waals surface area (Å²) in [6.45, 7) is 1.02. The Bertz CT molecular complexity index is 837. The SMILES string of the molecule is CON(C(=O)Cc1cccs1)[C@@H]1C(=O)N2C(C(=O)O)=C(COC(C)=O)CS[C@H]12. The largest absolute Gasteiger partial charge is 0.477 e. The van der Waals surface area contributed by atoms with E-state index in [-0.39, 0.29) is 30.4 Å². The first kappa shape index (κ1) is 20.4. The van der Waals surface area contributed by atoms with Gasteiger partial charge in [-0.25, -0.2) is 9.86 Å². The molecule has 1 fully saturated rings. The van der Waals surface area contributed by atoms with Gasteiger partial charge < -0.3 is 9.84 Å². The normalized spacial score (nSPS) is 21.1. The van der Waals surface area contributed by atoms with E-state index in [1.54, 1.807) is 0 Å². The highest BCUT2D eigenvalue weighted by Gasteiger charge is 2.57. The highest BCUT2D eigenvalue weighted by atomic mass is 32.2. The van der Waals surface area contributed by atoms with Crippen LogP contribution in [0, 0.1) is 0 Å². The number of esters is 1. The van der Waals surface area contributed by atoms with Crippen molar-refractivity contribution in [3.05, 3.63) is 33.7 Å². The van der Waals surface area contributed by atoms with Crippen LogP contribution < -0.4 is 0 Å². The van der Waals surface area contributed by atoms with Gasteiger partial charge in [0.05, 0.1) is 13.5 Å². The van der Waals surface area contributed by atoms with Crippen LogP contribution in [0.1, 0.15) is 11.8 Å². The van der Waals surface area contributed by atoms with Crippen LogP contribution in [-0.4, -0.2) is 69.7 Å². The van der Waals surface area contributed by atoms with Gasteiger partial charge in [-0.3, -0.25) is 24.1 Å². The topological polar surface area (TPSA) is 113 Å². The van der Waals surface area contributed by atoms with Gasteiger partial charge in [0, 0.05) is 23.1 Å². The monoisotopic (exact) mass is 426 g/mol. The summed E-state index contributed by atoms with van der Waals surface area (Å²) >= 11 is 2.72. The van der Waals surface area contributed by atoms with E-state index in [9.17, 15) is 24.3 Å². The predicted octanol–water partition coefficient (Wildman–Crippen LogP) is 0.866. The Labute approximate surface area is 168 Å². The minimum Gasteiger partial charge on any atom is -0.477 e. The molecule has 1 aromatic rings. The van der Waals surface area contributed by atoms with E-state index in [0.717, 1.165) is 14.8 Å². The first-order valence-corrected chi connectivity index (χ1v) is 10.2. The van der Waals surface area contributed by atoms with Gasteiger partial charge >= 0.3 is 11.9 Å². The molecule has 1 N–H and O–H groups in total. The molecule has 2 amide bonds. The van der Waals surface area contributed by atoms with Crippen molar-refractivity contribution < 1.29 is 33.9 Å². The number of amides is 2. The number of nitrogens with zero attached hydrogens (tertiary/aromatic N) is 2. The van der Waals surface area contributed by atoms with Crippen molar-refractivity contribution in [3.8, 4) is 0 Å². The molecule has 1 aromatic heterocycles. The lowest BCUT2D eigenvalue weighted by atomic mass is 10.0. The Morgan fingerprint density at radius 3 is 2.71 bits per heavy atom. The summed E-state index contributed by atoms with van der Waals surface area (Å²) < 4.78 is 4.90. The number of carboxylic acids is 1. The van der Waals surface area contributed by atoms with Gasteiger partial charge in [-0.15, -0.1) is 23.1 Å². The summed E-state index contributed by atoms with van der Waals surface area (Å²) in [6, 6.07) is 2.73. The van der Waals surface area contributed by atoms with E-state index in [2.05, 4.69) is 0 Å². The number of hydroxylamine groups is 2. The summed E-state index contributed by atoms with van der Waals surface area (Å²) in [4.78, 5) is 55.2. The number of hydrogen-bond donors (Lipinski definition) is 1. The number of carboxylic acid groups (broad SMARTS) is 1. The molecule has 0 aromatic carbocycles. The predicted molar refractivity (Wildman–Crippen MR) is 100 cm³/mol.